The van der Waals surface area contributed by atoms with Crippen molar-refractivity contribution in [3.63, 3.8) is 0 Å². The highest BCUT2D eigenvalue weighted by Crippen LogP contribution is 2.38. The molecule has 0 aliphatic heterocycles. The van der Waals surface area contributed by atoms with Crippen molar-refractivity contribution >= 4 is 28.7 Å². The van der Waals surface area contributed by atoms with Crippen LogP contribution in [0, 0.1) is 11.7 Å². The van der Waals surface area contributed by atoms with E-state index in [1.165, 1.54) is 6.07 Å². The minimum absolute atomic E-state index is 0.0473. The number of rotatable bonds is 6. The highest BCUT2D eigenvalue weighted by molar-refractivity contribution is 6.33. The van der Waals surface area contributed by atoms with Crippen molar-refractivity contribution in [3.8, 4) is 0 Å². The first-order valence-corrected chi connectivity index (χ1v) is 7.50. The van der Waals surface area contributed by atoms with E-state index >= 15 is 0 Å². The number of nitrogen functional groups attached to an aromatic ring is 2. The molecule has 1 aromatic rings. The molecule has 0 bridgehead atoms. The van der Waals surface area contributed by atoms with E-state index in [-0.39, 0.29) is 16.8 Å². The number of anilines is 3. The number of nitrogens with two attached hydrogens (primary N) is 2. The van der Waals surface area contributed by atoms with Crippen LogP contribution in [0.2, 0.25) is 5.02 Å². The molecule has 5 heteroatoms. The second kappa shape index (κ2) is 7.02. The maximum Gasteiger partial charge on any atom is 0.169 e. The van der Waals surface area contributed by atoms with Gasteiger partial charge >= 0.3 is 0 Å². The molecule has 0 atom stereocenters. The lowest BCUT2D eigenvalue weighted by Crippen LogP contribution is -2.38. The van der Waals surface area contributed by atoms with Gasteiger partial charge in [0.2, 0.25) is 0 Å². The third-order valence-electron chi connectivity index (χ3n) is 3.47. The van der Waals surface area contributed by atoms with Gasteiger partial charge in [-0.25, -0.2) is 4.39 Å². The molecule has 0 heterocycles. The minimum atomic E-state index is -0.517. The summed E-state index contributed by atoms with van der Waals surface area (Å²) in [6.45, 7) is 9.11. The molecule has 4 N–H and O–H groups in total. The first kappa shape index (κ1) is 16.9. The third kappa shape index (κ3) is 3.48. The van der Waals surface area contributed by atoms with E-state index in [2.05, 4.69) is 27.7 Å². The Kier molecular flexibility index (Phi) is 5.93. The fourth-order valence-corrected chi connectivity index (χ4v) is 2.64. The van der Waals surface area contributed by atoms with Gasteiger partial charge in [0.15, 0.2) is 5.82 Å². The van der Waals surface area contributed by atoms with Crippen LogP contribution in [-0.4, -0.2) is 12.6 Å². The predicted octanol–water partition coefficient (Wildman–Crippen LogP) is 4.29. The molecule has 0 saturated heterocycles. The Hall–Kier alpha value is -1.16. The Labute approximate surface area is 126 Å². The lowest BCUT2D eigenvalue weighted by molar-refractivity contribution is 0.497. The standard InChI is InChI=1S/C15H25ClFN3/c1-5-10(6-2)20(8-9(3)4)15-12(19)7-11(18)13(16)14(15)17/h7,9-10H,5-6,8,18-19H2,1-4H3. The maximum atomic E-state index is 14.5. The number of benzene rings is 1. The highest BCUT2D eigenvalue weighted by atomic mass is 35.5. The third-order valence-corrected chi connectivity index (χ3v) is 3.85. The Morgan fingerprint density at radius 1 is 1.20 bits per heavy atom. The zero-order valence-electron chi connectivity index (χ0n) is 12.7. The molecular weight excluding hydrogens is 277 g/mol. The number of hydrogen-bond acceptors (Lipinski definition) is 3. The molecule has 0 fully saturated rings. The number of halogens is 2. The molecular formula is C15H25ClFN3. The lowest BCUT2D eigenvalue weighted by atomic mass is 10.0. The lowest BCUT2D eigenvalue weighted by Gasteiger charge is -2.35. The summed E-state index contributed by atoms with van der Waals surface area (Å²) in [5.41, 5.74) is 12.6. The molecule has 20 heavy (non-hydrogen) atoms. The first-order valence-electron chi connectivity index (χ1n) is 7.12. The Morgan fingerprint density at radius 2 is 1.75 bits per heavy atom. The minimum Gasteiger partial charge on any atom is -0.397 e. The molecule has 0 unspecified atom stereocenters. The summed E-state index contributed by atoms with van der Waals surface area (Å²) < 4.78 is 14.5. The van der Waals surface area contributed by atoms with Crippen molar-refractivity contribution in [3.05, 3.63) is 16.9 Å². The summed E-state index contributed by atoms with van der Waals surface area (Å²) in [6, 6.07) is 1.77. The van der Waals surface area contributed by atoms with Gasteiger partial charge in [0.05, 0.1) is 17.1 Å². The van der Waals surface area contributed by atoms with E-state index in [1.54, 1.807) is 0 Å². The summed E-state index contributed by atoms with van der Waals surface area (Å²) in [7, 11) is 0. The van der Waals surface area contributed by atoms with Crippen LogP contribution in [0.4, 0.5) is 21.5 Å². The number of hydrogen-bond donors (Lipinski definition) is 2. The monoisotopic (exact) mass is 301 g/mol. The van der Waals surface area contributed by atoms with Crippen molar-refractivity contribution < 1.29 is 4.39 Å². The van der Waals surface area contributed by atoms with Gasteiger partial charge in [0.1, 0.15) is 5.02 Å². The molecule has 1 rings (SSSR count). The van der Waals surface area contributed by atoms with E-state index in [1.807, 2.05) is 4.90 Å². The van der Waals surface area contributed by atoms with Gasteiger partial charge in [-0.15, -0.1) is 0 Å². The molecule has 0 radical (unpaired) electrons. The zero-order chi connectivity index (χ0) is 15.4. The molecule has 114 valence electrons. The van der Waals surface area contributed by atoms with E-state index in [4.69, 9.17) is 23.1 Å². The van der Waals surface area contributed by atoms with Crippen LogP contribution in [0.3, 0.4) is 0 Å². The van der Waals surface area contributed by atoms with Gasteiger partial charge in [-0.3, -0.25) is 0 Å². The van der Waals surface area contributed by atoms with Gasteiger partial charge in [-0.05, 0) is 24.8 Å². The van der Waals surface area contributed by atoms with Crippen molar-refractivity contribution in [1.29, 1.82) is 0 Å². The van der Waals surface area contributed by atoms with Gasteiger partial charge in [0, 0.05) is 12.6 Å². The summed E-state index contributed by atoms with van der Waals surface area (Å²) >= 11 is 5.94. The van der Waals surface area contributed by atoms with Crippen molar-refractivity contribution in [1.82, 2.24) is 0 Å². The highest BCUT2D eigenvalue weighted by Gasteiger charge is 2.24. The average Bonchev–Trinajstić information content (AvgIpc) is 2.36. The van der Waals surface area contributed by atoms with Crippen LogP contribution >= 0.6 is 11.6 Å². The fraction of sp³-hybridized carbons (Fsp3) is 0.600. The molecule has 3 nitrogen and oxygen atoms in total. The maximum absolute atomic E-state index is 14.5. The topological polar surface area (TPSA) is 55.3 Å². The van der Waals surface area contributed by atoms with Crippen LogP contribution < -0.4 is 16.4 Å². The normalized spacial score (nSPS) is 11.4. The van der Waals surface area contributed by atoms with Gasteiger partial charge in [-0.1, -0.05) is 39.3 Å². The van der Waals surface area contributed by atoms with E-state index < -0.39 is 5.82 Å². The second-order valence-electron chi connectivity index (χ2n) is 5.55. The summed E-state index contributed by atoms with van der Waals surface area (Å²) in [6.07, 6.45) is 1.84. The SMILES string of the molecule is CCC(CC)N(CC(C)C)c1c(N)cc(N)c(Cl)c1F. The fourth-order valence-electron chi connectivity index (χ4n) is 2.49. The summed E-state index contributed by atoms with van der Waals surface area (Å²) in [4.78, 5) is 2.03. The molecule has 0 spiro atoms. The second-order valence-corrected chi connectivity index (χ2v) is 5.93. The molecule has 0 aliphatic rings. The molecule has 0 aliphatic carbocycles. The Balaban J connectivity index is 3.37. The van der Waals surface area contributed by atoms with Crippen LogP contribution in [-0.2, 0) is 0 Å². The number of nitrogens with zero attached hydrogens (tertiary/aromatic N) is 1. The van der Waals surface area contributed by atoms with Crippen LogP contribution in [0.25, 0.3) is 0 Å². The van der Waals surface area contributed by atoms with Crippen LogP contribution in [0.1, 0.15) is 40.5 Å². The van der Waals surface area contributed by atoms with Crippen molar-refractivity contribution in [2.75, 3.05) is 22.9 Å². The Morgan fingerprint density at radius 3 is 2.20 bits per heavy atom. The van der Waals surface area contributed by atoms with Crippen LogP contribution in [0.5, 0.6) is 0 Å². The van der Waals surface area contributed by atoms with Gasteiger partial charge in [0.25, 0.3) is 0 Å². The molecule has 0 saturated carbocycles. The summed E-state index contributed by atoms with van der Waals surface area (Å²) in [5, 5.41) is -0.0473. The first-order chi connectivity index (χ1) is 9.33. The zero-order valence-corrected chi connectivity index (χ0v) is 13.5. The molecule has 0 aromatic heterocycles. The van der Waals surface area contributed by atoms with Crippen molar-refractivity contribution in [2.24, 2.45) is 5.92 Å². The molecule has 1 aromatic carbocycles. The summed E-state index contributed by atoms with van der Waals surface area (Å²) in [5.74, 6) is -0.123. The Bertz CT molecular complexity index is 459. The average molecular weight is 302 g/mol. The van der Waals surface area contributed by atoms with E-state index in [9.17, 15) is 4.39 Å². The predicted molar refractivity (Wildman–Crippen MR) is 86.8 cm³/mol. The smallest absolute Gasteiger partial charge is 0.169 e. The van der Waals surface area contributed by atoms with Crippen molar-refractivity contribution in [2.45, 2.75) is 46.6 Å². The largest absolute Gasteiger partial charge is 0.397 e. The van der Waals surface area contributed by atoms with Gasteiger partial charge in [-0.2, -0.15) is 0 Å². The quantitative estimate of drug-likeness (QED) is 0.770. The van der Waals surface area contributed by atoms with E-state index in [0.29, 0.717) is 17.3 Å². The van der Waals surface area contributed by atoms with Gasteiger partial charge < -0.3 is 16.4 Å². The van der Waals surface area contributed by atoms with E-state index in [0.717, 1.165) is 19.4 Å². The molecule has 0 amide bonds. The van der Waals surface area contributed by atoms with Crippen LogP contribution in [0.15, 0.2) is 6.07 Å².